The minimum atomic E-state index is -0.717. The van der Waals surface area contributed by atoms with Crippen molar-refractivity contribution in [3.63, 3.8) is 0 Å². The van der Waals surface area contributed by atoms with Crippen LogP contribution in [0.25, 0.3) is 0 Å². The van der Waals surface area contributed by atoms with Crippen LogP contribution in [0.15, 0.2) is 48.5 Å². The molecule has 2 aromatic rings. The summed E-state index contributed by atoms with van der Waals surface area (Å²) >= 11 is 0. The highest BCUT2D eigenvalue weighted by Gasteiger charge is 2.23. The van der Waals surface area contributed by atoms with Crippen molar-refractivity contribution >= 4 is 23.3 Å². The minimum Gasteiger partial charge on any atom is -0.481 e. The third kappa shape index (κ3) is 5.17. The van der Waals surface area contributed by atoms with Gasteiger partial charge in [-0.05, 0) is 75.2 Å². The molecule has 1 fully saturated rings. The van der Waals surface area contributed by atoms with E-state index in [-0.39, 0.29) is 17.6 Å². The van der Waals surface area contributed by atoms with E-state index < -0.39 is 6.10 Å². The van der Waals surface area contributed by atoms with E-state index in [1.54, 1.807) is 55.5 Å². The van der Waals surface area contributed by atoms with Crippen molar-refractivity contribution in [3.8, 4) is 5.75 Å². The lowest BCUT2D eigenvalue weighted by Gasteiger charge is -2.15. The molecule has 140 valence electrons. The van der Waals surface area contributed by atoms with Gasteiger partial charge in [-0.3, -0.25) is 14.4 Å². The summed E-state index contributed by atoms with van der Waals surface area (Å²) in [7, 11) is 0. The Labute approximate surface area is 157 Å². The molecule has 6 heteroatoms. The van der Waals surface area contributed by atoms with Gasteiger partial charge in [0.25, 0.3) is 11.8 Å². The van der Waals surface area contributed by atoms with E-state index in [4.69, 9.17) is 4.74 Å². The number of rotatable bonds is 7. The molecule has 27 heavy (non-hydrogen) atoms. The number of Topliss-reactive ketones (excluding diaryl/α,β-unsaturated/α-hetero) is 1. The van der Waals surface area contributed by atoms with Gasteiger partial charge in [0.1, 0.15) is 5.75 Å². The van der Waals surface area contributed by atoms with Crippen LogP contribution in [0.2, 0.25) is 0 Å². The summed E-state index contributed by atoms with van der Waals surface area (Å²) in [6, 6.07) is 13.7. The Morgan fingerprint density at radius 3 is 2.11 bits per heavy atom. The summed E-state index contributed by atoms with van der Waals surface area (Å²) in [5, 5.41) is 5.68. The first kappa shape index (κ1) is 18.6. The second-order valence-corrected chi connectivity index (χ2v) is 6.65. The molecule has 3 rings (SSSR count). The van der Waals surface area contributed by atoms with Crippen LogP contribution >= 0.6 is 0 Å². The van der Waals surface area contributed by atoms with E-state index in [9.17, 15) is 14.4 Å². The van der Waals surface area contributed by atoms with E-state index in [2.05, 4.69) is 10.6 Å². The van der Waals surface area contributed by atoms with Crippen molar-refractivity contribution in [1.29, 1.82) is 0 Å². The molecule has 2 amide bonds. The number of anilines is 1. The van der Waals surface area contributed by atoms with E-state index in [1.807, 2.05) is 0 Å². The maximum Gasteiger partial charge on any atom is 0.265 e. The van der Waals surface area contributed by atoms with Gasteiger partial charge < -0.3 is 15.4 Å². The quantitative estimate of drug-likeness (QED) is 0.737. The van der Waals surface area contributed by atoms with Gasteiger partial charge in [0.05, 0.1) is 0 Å². The van der Waals surface area contributed by atoms with Crippen LogP contribution in [0.3, 0.4) is 0 Å². The Bertz CT molecular complexity index is 839. The van der Waals surface area contributed by atoms with Crippen LogP contribution in [-0.2, 0) is 4.79 Å². The van der Waals surface area contributed by atoms with Crippen molar-refractivity contribution in [2.45, 2.75) is 38.8 Å². The molecule has 2 aromatic carbocycles. The van der Waals surface area contributed by atoms with Crippen LogP contribution in [0.4, 0.5) is 5.69 Å². The van der Waals surface area contributed by atoms with Crippen LogP contribution in [0, 0.1) is 0 Å². The number of ketones is 1. The zero-order chi connectivity index (χ0) is 19.4. The van der Waals surface area contributed by atoms with Gasteiger partial charge in [-0.25, -0.2) is 0 Å². The number of hydrogen-bond acceptors (Lipinski definition) is 4. The molecule has 1 saturated carbocycles. The number of nitrogens with one attached hydrogen (secondary N) is 2. The first-order valence-corrected chi connectivity index (χ1v) is 8.92. The molecule has 0 radical (unpaired) electrons. The number of carbonyl (C=O) groups excluding carboxylic acids is 3. The molecule has 1 atom stereocenters. The number of carbonyl (C=O) groups is 3. The highest BCUT2D eigenvalue weighted by Crippen LogP contribution is 2.20. The van der Waals surface area contributed by atoms with Crippen LogP contribution in [0.1, 0.15) is 47.4 Å². The van der Waals surface area contributed by atoms with Crippen molar-refractivity contribution in [3.05, 3.63) is 59.7 Å². The average molecular weight is 366 g/mol. The summed E-state index contributed by atoms with van der Waals surface area (Å²) < 4.78 is 5.61. The third-order valence-electron chi connectivity index (χ3n) is 4.27. The number of hydrogen-bond donors (Lipinski definition) is 2. The van der Waals surface area contributed by atoms with E-state index in [1.165, 1.54) is 6.92 Å². The fraction of sp³-hybridized carbons (Fsp3) is 0.286. The lowest BCUT2D eigenvalue weighted by Crippen LogP contribution is -2.30. The van der Waals surface area contributed by atoms with Gasteiger partial charge in [0.15, 0.2) is 11.9 Å². The van der Waals surface area contributed by atoms with Gasteiger partial charge in [0, 0.05) is 22.9 Å². The van der Waals surface area contributed by atoms with E-state index in [0.717, 1.165) is 12.8 Å². The standard InChI is InChI=1S/C21H22N2O4/c1-13(24)15-5-11-19(12-6-15)27-14(2)20(25)22-17-7-3-16(4-8-17)21(26)23-18-9-10-18/h3-8,11-12,14,18H,9-10H2,1-2H3,(H,22,25)(H,23,26). The monoisotopic (exact) mass is 366 g/mol. The molecule has 6 nitrogen and oxygen atoms in total. The Balaban J connectivity index is 1.54. The molecule has 0 saturated heterocycles. The normalized spacial score (nSPS) is 14.1. The van der Waals surface area contributed by atoms with Gasteiger partial charge in [-0.15, -0.1) is 0 Å². The second kappa shape index (κ2) is 8.03. The SMILES string of the molecule is CC(=O)c1ccc(OC(C)C(=O)Nc2ccc(C(=O)NC3CC3)cc2)cc1. The number of benzene rings is 2. The predicted octanol–water partition coefficient (Wildman–Crippen LogP) is 3.19. The van der Waals surface area contributed by atoms with Crippen molar-refractivity contribution in [2.75, 3.05) is 5.32 Å². The topological polar surface area (TPSA) is 84.5 Å². The zero-order valence-electron chi connectivity index (χ0n) is 15.3. The third-order valence-corrected chi connectivity index (χ3v) is 4.27. The molecular weight excluding hydrogens is 344 g/mol. The molecule has 0 aromatic heterocycles. The van der Waals surface area contributed by atoms with Crippen molar-refractivity contribution in [2.24, 2.45) is 0 Å². The number of ether oxygens (including phenoxy) is 1. The van der Waals surface area contributed by atoms with Crippen LogP contribution in [-0.4, -0.2) is 29.7 Å². The summed E-state index contributed by atoms with van der Waals surface area (Å²) in [4.78, 5) is 35.5. The molecule has 0 heterocycles. The Hall–Kier alpha value is -3.15. The highest BCUT2D eigenvalue weighted by molar-refractivity contribution is 5.97. The van der Waals surface area contributed by atoms with Crippen LogP contribution < -0.4 is 15.4 Å². The fourth-order valence-electron chi connectivity index (χ4n) is 2.47. The number of amides is 2. The molecule has 0 spiro atoms. The molecule has 1 aliphatic rings. The summed E-state index contributed by atoms with van der Waals surface area (Å²) in [5.41, 5.74) is 1.74. The Morgan fingerprint density at radius 2 is 1.56 bits per heavy atom. The molecule has 2 N–H and O–H groups in total. The maximum atomic E-state index is 12.3. The van der Waals surface area contributed by atoms with Gasteiger partial charge in [0.2, 0.25) is 0 Å². The van der Waals surface area contributed by atoms with Gasteiger partial charge >= 0.3 is 0 Å². The van der Waals surface area contributed by atoms with E-state index >= 15 is 0 Å². The molecule has 1 unspecified atom stereocenters. The van der Waals surface area contributed by atoms with Crippen molar-refractivity contribution < 1.29 is 19.1 Å². The van der Waals surface area contributed by atoms with E-state index in [0.29, 0.717) is 28.6 Å². The molecule has 0 aliphatic heterocycles. The van der Waals surface area contributed by atoms with Crippen molar-refractivity contribution in [1.82, 2.24) is 5.32 Å². The summed E-state index contributed by atoms with van der Waals surface area (Å²) in [6.45, 7) is 3.14. The lowest BCUT2D eigenvalue weighted by atomic mass is 10.1. The minimum absolute atomic E-state index is 0.0263. The molecular formula is C21H22N2O4. The van der Waals surface area contributed by atoms with Gasteiger partial charge in [-0.1, -0.05) is 0 Å². The first-order valence-electron chi connectivity index (χ1n) is 8.92. The molecule has 0 bridgehead atoms. The Morgan fingerprint density at radius 1 is 0.963 bits per heavy atom. The first-order chi connectivity index (χ1) is 12.9. The van der Waals surface area contributed by atoms with Gasteiger partial charge in [-0.2, -0.15) is 0 Å². The maximum absolute atomic E-state index is 12.3. The smallest absolute Gasteiger partial charge is 0.265 e. The summed E-state index contributed by atoms with van der Waals surface area (Å²) in [6.07, 6.45) is 1.36. The fourth-order valence-corrected chi connectivity index (χ4v) is 2.47. The average Bonchev–Trinajstić information content (AvgIpc) is 3.46. The predicted molar refractivity (Wildman–Crippen MR) is 102 cm³/mol. The molecule has 1 aliphatic carbocycles. The Kier molecular flexibility index (Phi) is 5.54. The highest BCUT2D eigenvalue weighted by atomic mass is 16.5. The largest absolute Gasteiger partial charge is 0.481 e. The zero-order valence-corrected chi connectivity index (χ0v) is 15.3. The summed E-state index contributed by atoms with van der Waals surface area (Å²) in [5.74, 6) is 0.0817. The lowest BCUT2D eigenvalue weighted by molar-refractivity contribution is -0.122. The van der Waals surface area contributed by atoms with Crippen LogP contribution in [0.5, 0.6) is 5.75 Å². The second-order valence-electron chi connectivity index (χ2n) is 6.65.